The number of benzene rings is 2. The number of ether oxygens (including phenoxy) is 2. The number of para-hydroxylation sites is 1. The lowest BCUT2D eigenvalue weighted by molar-refractivity contribution is -0.112. The first-order chi connectivity index (χ1) is 15.0. The van der Waals surface area contributed by atoms with Crippen LogP contribution in [0.15, 0.2) is 58.9 Å². The van der Waals surface area contributed by atoms with Gasteiger partial charge in [-0.2, -0.15) is 5.26 Å². The normalized spacial score (nSPS) is 12.9. The molecule has 0 saturated carbocycles. The minimum absolute atomic E-state index is 0.125. The van der Waals surface area contributed by atoms with E-state index < -0.39 is 5.91 Å². The number of nitriles is 1. The Morgan fingerprint density at radius 2 is 1.84 bits per heavy atom. The summed E-state index contributed by atoms with van der Waals surface area (Å²) in [5, 5.41) is 12.1. The summed E-state index contributed by atoms with van der Waals surface area (Å²) < 4.78 is 14.1. The molecular formula is C23H20N4O4. The van der Waals surface area contributed by atoms with Crippen LogP contribution in [0, 0.1) is 18.3 Å². The molecule has 156 valence electrons. The van der Waals surface area contributed by atoms with Gasteiger partial charge in [-0.1, -0.05) is 24.3 Å². The van der Waals surface area contributed by atoms with Crippen molar-refractivity contribution in [1.82, 2.24) is 9.36 Å². The van der Waals surface area contributed by atoms with Crippen molar-refractivity contribution in [2.24, 2.45) is 7.05 Å². The second-order valence-corrected chi connectivity index (χ2v) is 6.96. The van der Waals surface area contributed by atoms with Gasteiger partial charge in [-0.05, 0) is 42.8 Å². The van der Waals surface area contributed by atoms with Gasteiger partial charge in [-0.3, -0.25) is 14.3 Å². The van der Waals surface area contributed by atoms with Crippen LogP contribution in [0.1, 0.15) is 11.3 Å². The van der Waals surface area contributed by atoms with Gasteiger partial charge in [0.25, 0.3) is 11.5 Å². The van der Waals surface area contributed by atoms with Gasteiger partial charge in [0.2, 0.25) is 0 Å². The topological polar surface area (TPSA) is 98.3 Å². The molecule has 0 fully saturated rings. The third kappa shape index (κ3) is 3.81. The number of carbonyl (C=O) groups excluding carboxylic acids is 1. The number of carbonyl (C=O) groups is 1. The molecule has 0 atom stereocenters. The fourth-order valence-electron chi connectivity index (χ4n) is 3.36. The molecular weight excluding hydrogens is 396 g/mol. The highest BCUT2D eigenvalue weighted by molar-refractivity contribution is 6.09. The van der Waals surface area contributed by atoms with Crippen molar-refractivity contribution in [2.75, 3.05) is 18.5 Å². The van der Waals surface area contributed by atoms with E-state index in [1.807, 2.05) is 24.3 Å². The Kier molecular flexibility index (Phi) is 5.33. The highest BCUT2D eigenvalue weighted by Crippen LogP contribution is 2.31. The molecule has 2 heterocycles. The van der Waals surface area contributed by atoms with E-state index in [2.05, 4.69) is 5.32 Å². The summed E-state index contributed by atoms with van der Waals surface area (Å²) >= 11 is 0. The van der Waals surface area contributed by atoms with E-state index >= 15 is 0 Å². The van der Waals surface area contributed by atoms with Crippen LogP contribution in [0.3, 0.4) is 0 Å². The molecule has 1 aliphatic rings. The zero-order chi connectivity index (χ0) is 22.0. The Balaban J connectivity index is 1.64. The fourth-order valence-corrected chi connectivity index (χ4v) is 3.36. The SMILES string of the molecule is Cc1c(NC(=O)/C(C#N)=C/c2ccc3c(c2)OCCO3)c(=O)n(-c2ccccc2)n1C. The van der Waals surface area contributed by atoms with Gasteiger partial charge >= 0.3 is 0 Å². The molecule has 1 N–H and O–H groups in total. The lowest BCUT2D eigenvalue weighted by Crippen LogP contribution is -2.23. The molecule has 8 nitrogen and oxygen atoms in total. The Hall–Kier alpha value is -4.25. The summed E-state index contributed by atoms with van der Waals surface area (Å²) in [6, 6.07) is 16.2. The highest BCUT2D eigenvalue weighted by atomic mass is 16.6. The summed E-state index contributed by atoms with van der Waals surface area (Å²) in [5.74, 6) is 0.512. The predicted molar refractivity (Wildman–Crippen MR) is 115 cm³/mol. The van der Waals surface area contributed by atoms with Crippen LogP contribution in [0.5, 0.6) is 11.5 Å². The molecule has 1 aromatic heterocycles. The van der Waals surface area contributed by atoms with Crippen LogP contribution in [-0.4, -0.2) is 28.5 Å². The molecule has 0 bridgehead atoms. The van der Waals surface area contributed by atoms with Crippen molar-refractivity contribution < 1.29 is 14.3 Å². The Morgan fingerprint density at radius 1 is 1.13 bits per heavy atom. The summed E-state index contributed by atoms with van der Waals surface area (Å²) in [7, 11) is 1.73. The van der Waals surface area contributed by atoms with Crippen molar-refractivity contribution >= 4 is 17.7 Å². The molecule has 0 spiro atoms. The van der Waals surface area contributed by atoms with Crippen molar-refractivity contribution in [3.63, 3.8) is 0 Å². The van der Waals surface area contributed by atoms with Gasteiger partial charge in [-0.15, -0.1) is 0 Å². The van der Waals surface area contributed by atoms with Gasteiger partial charge in [0.15, 0.2) is 11.5 Å². The van der Waals surface area contributed by atoms with E-state index in [0.29, 0.717) is 41.7 Å². The van der Waals surface area contributed by atoms with Gasteiger partial charge in [0.05, 0.1) is 11.4 Å². The highest BCUT2D eigenvalue weighted by Gasteiger charge is 2.20. The number of rotatable bonds is 4. The smallest absolute Gasteiger partial charge is 0.295 e. The average Bonchev–Trinajstić information content (AvgIpc) is 3.00. The van der Waals surface area contributed by atoms with E-state index in [9.17, 15) is 14.9 Å². The standard InChI is InChI=1S/C23H20N4O4/c1-15-21(23(29)27(26(15)2)18-6-4-3-5-7-18)25-22(28)17(14-24)12-16-8-9-19-20(13-16)31-11-10-30-19/h3-9,12-13H,10-11H2,1-2H3,(H,25,28)/b17-12+. The monoisotopic (exact) mass is 416 g/mol. The minimum atomic E-state index is -0.664. The Labute approximate surface area is 178 Å². The number of hydrogen-bond donors (Lipinski definition) is 1. The maximum Gasteiger partial charge on any atom is 0.295 e. The van der Waals surface area contributed by atoms with Crippen molar-refractivity contribution in [3.05, 3.63) is 75.7 Å². The van der Waals surface area contributed by atoms with Crippen molar-refractivity contribution in [3.8, 4) is 23.3 Å². The third-order valence-electron chi connectivity index (χ3n) is 5.04. The average molecular weight is 416 g/mol. The molecule has 0 aliphatic carbocycles. The Bertz CT molecular complexity index is 1280. The molecule has 0 radical (unpaired) electrons. The van der Waals surface area contributed by atoms with E-state index in [1.54, 1.807) is 49.0 Å². The van der Waals surface area contributed by atoms with Gasteiger partial charge in [0.1, 0.15) is 30.5 Å². The number of amides is 1. The van der Waals surface area contributed by atoms with Crippen LogP contribution in [0.25, 0.3) is 11.8 Å². The summed E-state index contributed by atoms with van der Waals surface area (Å²) in [6.07, 6.45) is 1.45. The molecule has 3 aromatic rings. The molecule has 1 amide bonds. The van der Waals surface area contributed by atoms with E-state index in [0.717, 1.165) is 0 Å². The number of fused-ring (bicyclic) bond motifs is 1. The zero-order valence-electron chi connectivity index (χ0n) is 17.1. The zero-order valence-corrected chi connectivity index (χ0v) is 17.1. The summed E-state index contributed by atoms with van der Waals surface area (Å²) in [4.78, 5) is 25.8. The predicted octanol–water partition coefficient (Wildman–Crippen LogP) is 2.80. The number of anilines is 1. The summed E-state index contributed by atoms with van der Waals surface area (Å²) in [6.45, 7) is 2.64. The lowest BCUT2D eigenvalue weighted by Gasteiger charge is -2.18. The first kappa shape index (κ1) is 20.0. The second kappa shape index (κ2) is 8.24. The molecule has 8 heteroatoms. The first-order valence-corrected chi connectivity index (χ1v) is 9.66. The lowest BCUT2D eigenvalue weighted by atomic mass is 10.1. The van der Waals surface area contributed by atoms with E-state index in [-0.39, 0.29) is 16.8 Å². The number of aromatic nitrogens is 2. The quantitative estimate of drug-likeness (QED) is 0.521. The minimum Gasteiger partial charge on any atom is -0.486 e. The van der Waals surface area contributed by atoms with Crippen LogP contribution < -0.4 is 20.3 Å². The van der Waals surface area contributed by atoms with Crippen LogP contribution in [-0.2, 0) is 11.8 Å². The molecule has 0 saturated heterocycles. The molecule has 1 aliphatic heterocycles. The molecule has 4 rings (SSSR count). The first-order valence-electron chi connectivity index (χ1n) is 9.66. The number of nitrogens with one attached hydrogen (secondary N) is 1. The van der Waals surface area contributed by atoms with Gasteiger partial charge in [0, 0.05) is 7.05 Å². The maximum atomic E-state index is 13.0. The van der Waals surface area contributed by atoms with Crippen LogP contribution in [0.2, 0.25) is 0 Å². The second-order valence-electron chi connectivity index (χ2n) is 6.96. The number of nitrogens with zero attached hydrogens (tertiary/aromatic N) is 3. The largest absolute Gasteiger partial charge is 0.486 e. The van der Waals surface area contributed by atoms with Crippen LogP contribution >= 0.6 is 0 Å². The van der Waals surface area contributed by atoms with E-state index in [4.69, 9.17) is 9.47 Å². The number of hydrogen-bond acceptors (Lipinski definition) is 5. The van der Waals surface area contributed by atoms with Crippen molar-refractivity contribution in [2.45, 2.75) is 6.92 Å². The molecule has 31 heavy (non-hydrogen) atoms. The third-order valence-corrected chi connectivity index (χ3v) is 5.04. The fraction of sp³-hybridized carbons (Fsp3) is 0.174. The van der Waals surface area contributed by atoms with Crippen LogP contribution in [0.4, 0.5) is 5.69 Å². The van der Waals surface area contributed by atoms with E-state index in [1.165, 1.54) is 10.8 Å². The Morgan fingerprint density at radius 3 is 2.55 bits per heavy atom. The summed E-state index contributed by atoms with van der Waals surface area (Å²) in [5.41, 5.74) is 1.47. The molecule has 0 unspecified atom stereocenters. The van der Waals surface area contributed by atoms with Crippen molar-refractivity contribution in [1.29, 1.82) is 5.26 Å². The molecule has 2 aromatic carbocycles. The van der Waals surface area contributed by atoms with Gasteiger partial charge < -0.3 is 14.8 Å². The van der Waals surface area contributed by atoms with Gasteiger partial charge in [-0.25, -0.2) is 4.68 Å². The maximum absolute atomic E-state index is 13.0.